The van der Waals surface area contributed by atoms with Crippen molar-refractivity contribution < 1.29 is 23.9 Å². The highest BCUT2D eigenvalue weighted by molar-refractivity contribution is 5.99. The van der Waals surface area contributed by atoms with Gasteiger partial charge in [-0.15, -0.1) is 0 Å². The summed E-state index contributed by atoms with van der Waals surface area (Å²) in [6.07, 6.45) is 3.66. The molecule has 36 heavy (non-hydrogen) atoms. The normalized spacial score (nSPS) is 21.0. The first kappa shape index (κ1) is 27.1. The Morgan fingerprint density at radius 3 is 2.67 bits per heavy atom. The van der Waals surface area contributed by atoms with E-state index in [9.17, 15) is 14.4 Å². The molecule has 0 bridgehead atoms. The minimum absolute atomic E-state index is 0.0276. The highest BCUT2D eigenvalue weighted by Gasteiger charge is 2.30. The van der Waals surface area contributed by atoms with E-state index >= 15 is 0 Å². The van der Waals surface area contributed by atoms with Gasteiger partial charge in [0, 0.05) is 57.7 Å². The van der Waals surface area contributed by atoms with E-state index in [1.165, 1.54) is 0 Å². The standard InChI is InChI=1S/C27H36N4O5/c1-6-25(32)29-21-9-10-23-22(13-21)27(34)30(4)16-24(35-5)18(2)15-31(19(3)17-36-23)26(33)12-20-8-7-11-28-14-20/h7-11,13-14,18-19,24H,6,12,15-17H2,1-5H3,(H,29,32)/t18-,19+,24+/m1/s1. The number of hydrogen-bond donors (Lipinski definition) is 1. The molecule has 1 aliphatic heterocycles. The van der Waals surface area contributed by atoms with E-state index in [4.69, 9.17) is 9.47 Å². The molecule has 1 aromatic carbocycles. The van der Waals surface area contributed by atoms with Crippen molar-refractivity contribution in [3.8, 4) is 5.75 Å². The highest BCUT2D eigenvalue weighted by Crippen LogP contribution is 2.26. The van der Waals surface area contributed by atoms with Gasteiger partial charge in [-0.25, -0.2) is 0 Å². The molecule has 1 N–H and O–H groups in total. The van der Waals surface area contributed by atoms with Crippen LogP contribution in [0.25, 0.3) is 0 Å². The van der Waals surface area contributed by atoms with Crippen LogP contribution in [-0.2, 0) is 20.7 Å². The molecule has 194 valence electrons. The van der Waals surface area contributed by atoms with Gasteiger partial charge in [-0.3, -0.25) is 19.4 Å². The average Bonchev–Trinajstić information content (AvgIpc) is 2.88. The quantitative estimate of drug-likeness (QED) is 0.683. The number of nitrogens with one attached hydrogen (secondary N) is 1. The summed E-state index contributed by atoms with van der Waals surface area (Å²) in [5.41, 5.74) is 1.71. The van der Waals surface area contributed by atoms with Crippen molar-refractivity contribution >= 4 is 23.4 Å². The zero-order valence-corrected chi connectivity index (χ0v) is 21.7. The number of anilines is 1. The largest absolute Gasteiger partial charge is 0.491 e. The first-order chi connectivity index (χ1) is 17.2. The molecule has 0 aliphatic carbocycles. The van der Waals surface area contributed by atoms with Gasteiger partial charge in [0.05, 0.1) is 24.1 Å². The Morgan fingerprint density at radius 2 is 2.00 bits per heavy atom. The zero-order chi connectivity index (χ0) is 26.2. The average molecular weight is 497 g/mol. The van der Waals surface area contributed by atoms with Gasteiger partial charge in [0.1, 0.15) is 12.4 Å². The SMILES string of the molecule is CCC(=O)Nc1ccc2c(c1)C(=O)N(C)C[C@H](OC)[C@H](C)CN(C(=O)Cc1cccnc1)[C@@H](C)CO2. The van der Waals surface area contributed by atoms with Crippen molar-refractivity contribution in [2.75, 3.05) is 39.2 Å². The molecule has 0 fully saturated rings. The number of pyridine rings is 1. The van der Waals surface area contributed by atoms with E-state index in [1.54, 1.807) is 56.6 Å². The summed E-state index contributed by atoms with van der Waals surface area (Å²) in [6, 6.07) is 8.47. The Labute approximate surface area is 212 Å². The summed E-state index contributed by atoms with van der Waals surface area (Å²) in [7, 11) is 3.33. The number of amides is 3. The van der Waals surface area contributed by atoms with Gasteiger partial charge in [0.15, 0.2) is 0 Å². The number of carbonyl (C=O) groups is 3. The van der Waals surface area contributed by atoms with Crippen LogP contribution in [0.2, 0.25) is 0 Å². The van der Waals surface area contributed by atoms with Crippen LogP contribution in [0.1, 0.15) is 43.1 Å². The third-order valence-electron chi connectivity index (χ3n) is 6.45. The topological polar surface area (TPSA) is 101 Å². The predicted octanol–water partition coefficient (Wildman–Crippen LogP) is 3.01. The number of benzene rings is 1. The molecule has 0 unspecified atom stereocenters. The second kappa shape index (κ2) is 12.5. The van der Waals surface area contributed by atoms with Crippen LogP contribution in [0.3, 0.4) is 0 Å². The summed E-state index contributed by atoms with van der Waals surface area (Å²) >= 11 is 0. The van der Waals surface area contributed by atoms with Crippen LogP contribution >= 0.6 is 0 Å². The number of nitrogens with zero attached hydrogens (tertiary/aromatic N) is 3. The fourth-order valence-electron chi connectivity index (χ4n) is 4.23. The summed E-state index contributed by atoms with van der Waals surface area (Å²) in [4.78, 5) is 46.2. The lowest BCUT2D eigenvalue weighted by Crippen LogP contribution is -2.49. The van der Waals surface area contributed by atoms with Gasteiger partial charge < -0.3 is 24.6 Å². The number of likely N-dealkylation sites (N-methyl/N-ethyl adjacent to an activating group) is 1. The van der Waals surface area contributed by atoms with Crippen molar-refractivity contribution in [2.45, 2.75) is 45.8 Å². The van der Waals surface area contributed by atoms with E-state index in [0.717, 1.165) is 5.56 Å². The van der Waals surface area contributed by atoms with Crippen LogP contribution in [-0.4, -0.2) is 78.5 Å². The Balaban J connectivity index is 1.93. The molecule has 0 saturated heterocycles. The third kappa shape index (κ3) is 6.81. The molecule has 0 saturated carbocycles. The smallest absolute Gasteiger partial charge is 0.257 e. The Hall–Kier alpha value is -3.46. The van der Waals surface area contributed by atoms with Crippen molar-refractivity contribution in [1.82, 2.24) is 14.8 Å². The number of aromatic nitrogens is 1. The van der Waals surface area contributed by atoms with Crippen LogP contribution in [0.15, 0.2) is 42.7 Å². The Kier molecular flexibility index (Phi) is 9.41. The fourth-order valence-corrected chi connectivity index (χ4v) is 4.23. The maximum atomic E-state index is 13.4. The van der Waals surface area contributed by atoms with Gasteiger partial charge in [-0.05, 0) is 36.8 Å². The highest BCUT2D eigenvalue weighted by atomic mass is 16.5. The number of methoxy groups -OCH3 is 1. The van der Waals surface area contributed by atoms with E-state index in [-0.39, 0.29) is 48.8 Å². The number of carbonyl (C=O) groups excluding carboxylic acids is 3. The van der Waals surface area contributed by atoms with Crippen molar-refractivity contribution in [3.63, 3.8) is 0 Å². The summed E-state index contributed by atoms with van der Waals surface area (Å²) in [5, 5.41) is 2.80. The molecule has 0 radical (unpaired) electrons. The van der Waals surface area contributed by atoms with Crippen molar-refractivity contribution in [1.29, 1.82) is 0 Å². The van der Waals surface area contributed by atoms with E-state index < -0.39 is 0 Å². The molecule has 9 nitrogen and oxygen atoms in total. The lowest BCUT2D eigenvalue weighted by Gasteiger charge is -2.36. The molecular formula is C27H36N4O5. The number of rotatable bonds is 5. The number of fused-ring (bicyclic) bond motifs is 1. The van der Waals surface area contributed by atoms with E-state index in [2.05, 4.69) is 10.3 Å². The van der Waals surface area contributed by atoms with E-state index in [0.29, 0.717) is 36.5 Å². The van der Waals surface area contributed by atoms with Crippen LogP contribution in [0, 0.1) is 5.92 Å². The summed E-state index contributed by atoms with van der Waals surface area (Å²) in [5.74, 6) is -0.0470. The molecule has 1 aromatic heterocycles. The van der Waals surface area contributed by atoms with Crippen LogP contribution < -0.4 is 10.1 Å². The lowest BCUT2D eigenvalue weighted by atomic mass is 10.0. The number of hydrogen-bond acceptors (Lipinski definition) is 6. The van der Waals surface area contributed by atoms with E-state index in [1.807, 2.05) is 30.9 Å². The molecule has 9 heteroatoms. The second-order valence-electron chi connectivity index (χ2n) is 9.29. The predicted molar refractivity (Wildman–Crippen MR) is 137 cm³/mol. The monoisotopic (exact) mass is 496 g/mol. The Morgan fingerprint density at radius 1 is 1.22 bits per heavy atom. The van der Waals surface area contributed by atoms with Gasteiger partial charge >= 0.3 is 0 Å². The van der Waals surface area contributed by atoms with Gasteiger partial charge in [0.25, 0.3) is 5.91 Å². The maximum absolute atomic E-state index is 13.4. The minimum Gasteiger partial charge on any atom is -0.491 e. The first-order valence-electron chi connectivity index (χ1n) is 12.3. The summed E-state index contributed by atoms with van der Waals surface area (Å²) < 4.78 is 11.9. The molecule has 2 heterocycles. The van der Waals surface area contributed by atoms with Crippen molar-refractivity contribution in [2.24, 2.45) is 5.92 Å². The second-order valence-corrected chi connectivity index (χ2v) is 9.29. The van der Waals surface area contributed by atoms with Gasteiger partial charge in [0.2, 0.25) is 11.8 Å². The molecule has 2 aromatic rings. The Bertz CT molecular complexity index is 1060. The minimum atomic E-state index is -0.286. The third-order valence-corrected chi connectivity index (χ3v) is 6.45. The number of ether oxygens (including phenoxy) is 2. The summed E-state index contributed by atoms with van der Waals surface area (Å²) in [6.45, 7) is 6.71. The fraction of sp³-hybridized carbons (Fsp3) is 0.481. The van der Waals surface area contributed by atoms with Crippen LogP contribution in [0.4, 0.5) is 5.69 Å². The zero-order valence-electron chi connectivity index (χ0n) is 21.7. The van der Waals surface area contributed by atoms with Gasteiger partial charge in [-0.2, -0.15) is 0 Å². The first-order valence-corrected chi connectivity index (χ1v) is 12.3. The maximum Gasteiger partial charge on any atom is 0.257 e. The molecule has 3 rings (SSSR count). The molecular weight excluding hydrogens is 460 g/mol. The van der Waals surface area contributed by atoms with Crippen molar-refractivity contribution in [3.05, 3.63) is 53.9 Å². The molecule has 3 amide bonds. The lowest BCUT2D eigenvalue weighted by molar-refractivity contribution is -0.134. The van der Waals surface area contributed by atoms with Gasteiger partial charge in [-0.1, -0.05) is 19.9 Å². The molecule has 3 atom stereocenters. The van der Waals surface area contributed by atoms with Crippen LogP contribution in [0.5, 0.6) is 5.75 Å². The molecule has 0 spiro atoms. The molecule has 1 aliphatic rings.